The van der Waals surface area contributed by atoms with Crippen molar-refractivity contribution in [3.63, 3.8) is 0 Å². The quantitative estimate of drug-likeness (QED) is 0.191. The highest BCUT2D eigenvalue weighted by molar-refractivity contribution is 9.11. The number of carbonyl (C=O) groups excluding carboxylic acids is 1. The molecule has 0 amide bonds. The van der Waals surface area contributed by atoms with Crippen LogP contribution in [-0.2, 0) is 5.60 Å². The van der Waals surface area contributed by atoms with Crippen molar-refractivity contribution in [2.75, 3.05) is 0 Å². The maximum absolute atomic E-state index is 12.6. The third-order valence-electron chi connectivity index (χ3n) is 12.0. The molecule has 0 spiro atoms. The lowest BCUT2D eigenvalue weighted by atomic mass is 9.80. The molecular formula is C58H37Br3O2. The van der Waals surface area contributed by atoms with E-state index < -0.39 is 5.60 Å². The van der Waals surface area contributed by atoms with Gasteiger partial charge in [0.15, 0.2) is 5.78 Å². The molecule has 0 heterocycles. The van der Waals surface area contributed by atoms with Crippen molar-refractivity contribution in [3.8, 4) is 44.5 Å². The van der Waals surface area contributed by atoms with Crippen molar-refractivity contribution >= 4 is 75.1 Å². The number of carbonyl (C=O) groups is 1. The van der Waals surface area contributed by atoms with Gasteiger partial charge in [0.05, 0.1) is 0 Å². The van der Waals surface area contributed by atoms with Gasteiger partial charge < -0.3 is 5.11 Å². The molecule has 63 heavy (non-hydrogen) atoms. The van der Waals surface area contributed by atoms with Gasteiger partial charge in [-0.15, -0.1) is 0 Å². The van der Waals surface area contributed by atoms with Crippen molar-refractivity contribution in [3.05, 3.63) is 260 Å². The summed E-state index contributed by atoms with van der Waals surface area (Å²) in [6, 6.07) is 73.9. The molecule has 10 aromatic carbocycles. The Morgan fingerprint density at radius 2 is 0.746 bits per heavy atom. The predicted octanol–water partition coefficient (Wildman–Crippen LogP) is 16.5. The lowest BCUT2D eigenvalue weighted by Crippen LogP contribution is -2.27. The monoisotopic (exact) mass is 1000 g/mol. The molecule has 0 aliphatic heterocycles. The minimum Gasteiger partial charge on any atom is -0.376 e. The number of halogens is 3. The average molecular weight is 1010 g/mol. The largest absolute Gasteiger partial charge is 0.376 e. The summed E-state index contributed by atoms with van der Waals surface area (Å²) in [4.78, 5) is 12.5. The molecular weight excluding hydrogens is 968 g/mol. The Hall–Kier alpha value is -6.21. The second kappa shape index (κ2) is 17.2. The SMILES string of the molecule is Brc1ccccc1-c1ccccc1.O=C1c2cc3ccccc3cc2-c2c(Br)cccc21.OC1(c2ccccc2-c2ccccc2)c2cc3ccccc3cc2-c2c(Br)cccc21. The van der Waals surface area contributed by atoms with Crippen molar-refractivity contribution in [1.29, 1.82) is 0 Å². The van der Waals surface area contributed by atoms with Gasteiger partial charge in [-0.05, 0) is 97.4 Å². The van der Waals surface area contributed by atoms with E-state index in [1.165, 1.54) is 16.5 Å². The first-order valence-electron chi connectivity index (χ1n) is 20.7. The molecule has 5 heteroatoms. The van der Waals surface area contributed by atoms with Gasteiger partial charge in [0.25, 0.3) is 0 Å². The molecule has 12 rings (SSSR count). The molecule has 1 N–H and O–H groups in total. The molecule has 2 nitrogen and oxygen atoms in total. The van der Waals surface area contributed by atoms with Gasteiger partial charge in [-0.2, -0.15) is 0 Å². The Bertz CT molecular complexity index is 3360. The lowest BCUT2D eigenvalue weighted by Gasteiger charge is -2.29. The van der Waals surface area contributed by atoms with Crippen LogP contribution in [0.4, 0.5) is 0 Å². The Labute approximate surface area is 391 Å². The molecule has 0 fully saturated rings. The van der Waals surface area contributed by atoms with E-state index in [4.69, 9.17) is 0 Å². The highest BCUT2D eigenvalue weighted by atomic mass is 79.9. The molecule has 0 aromatic heterocycles. The molecule has 10 aromatic rings. The molecule has 1 atom stereocenters. The standard InChI is InChI=1S/C29H19BrO.C17H9BrO.C12H9Br/c30-27-16-8-15-25-28(27)23-17-20-11-4-5-12-21(20)18-26(23)29(25,31)24-14-7-6-13-22(24)19-9-2-1-3-10-19;18-15-7-3-6-12-16(15)13-8-10-4-1-2-5-11(10)9-14(13)17(12)19;13-12-9-5-4-8-11(12)10-6-2-1-3-7-10/h1-18,31H;1-9H;1-9H. The first kappa shape index (κ1) is 40.8. The first-order chi connectivity index (χ1) is 30.8. The van der Waals surface area contributed by atoms with Crippen LogP contribution in [0.25, 0.3) is 66.1 Å². The van der Waals surface area contributed by atoms with E-state index in [0.29, 0.717) is 0 Å². The van der Waals surface area contributed by atoms with Gasteiger partial charge in [0.1, 0.15) is 5.60 Å². The fourth-order valence-electron chi connectivity index (χ4n) is 9.03. The van der Waals surface area contributed by atoms with E-state index in [1.807, 2.05) is 115 Å². The maximum Gasteiger partial charge on any atom is 0.194 e. The number of hydrogen-bond donors (Lipinski definition) is 1. The Morgan fingerprint density at radius 3 is 1.38 bits per heavy atom. The van der Waals surface area contributed by atoms with Crippen LogP contribution < -0.4 is 0 Å². The molecule has 0 saturated carbocycles. The summed E-state index contributed by atoms with van der Waals surface area (Å²) in [5.74, 6) is 0.122. The van der Waals surface area contributed by atoms with Crippen LogP contribution in [0.1, 0.15) is 32.6 Å². The second-order valence-electron chi connectivity index (χ2n) is 15.6. The molecule has 2 aliphatic rings. The zero-order valence-electron chi connectivity index (χ0n) is 33.8. The van der Waals surface area contributed by atoms with Gasteiger partial charge in [0, 0.05) is 52.4 Å². The number of fused-ring (bicyclic) bond motifs is 8. The lowest BCUT2D eigenvalue weighted by molar-refractivity contribution is 0.104. The fraction of sp³-hybridized carbons (Fsp3) is 0.0172. The molecule has 0 radical (unpaired) electrons. The summed E-state index contributed by atoms with van der Waals surface area (Å²) in [5, 5.41) is 17.1. The topological polar surface area (TPSA) is 37.3 Å². The minimum atomic E-state index is -1.25. The van der Waals surface area contributed by atoms with Crippen LogP contribution in [0.5, 0.6) is 0 Å². The first-order valence-corrected chi connectivity index (χ1v) is 23.1. The summed E-state index contributed by atoms with van der Waals surface area (Å²) in [6.07, 6.45) is 0. The van der Waals surface area contributed by atoms with Gasteiger partial charge in [-0.3, -0.25) is 4.79 Å². The van der Waals surface area contributed by atoms with E-state index in [2.05, 4.69) is 151 Å². The number of aliphatic hydroxyl groups is 1. The van der Waals surface area contributed by atoms with Gasteiger partial charge in [0.2, 0.25) is 0 Å². The number of benzene rings is 10. The summed E-state index contributed by atoms with van der Waals surface area (Å²) in [6.45, 7) is 0. The molecule has 1 unspecified atom stereocenters. The maximum atomic E-state index is 12.6. The minimum absolute atomic E-state index is 0.122. The third-order valence-corrected chi connectivity index (χ3v) is 14.0. The fourth-order valence-corrected chi connectivity index (χ4v) is 10.7. The average Bonchev–Trinajstić information content (AvgIpc) is 3.76. The normalized spacial score (nSPS) is 14.1. The zero-order valence-corrected chi connectivity index (χ0v) is 38.5. The molecule has 2 aliphatic carbocycles. The summed E-state index contributed by atoms with van der Waals surface area (Å²) < 4.78 is 3.11. The van der Waals surface area contributed by atoms with Crippen LogP contribution in [0.15, 0.2) is 232 Å². The van der Waals surface area contributed by atoms with E-state index in [9.17, 15) is 9.90 Å². The van der Waals surface area contributed by atoms with Crippen LogP contribution in [0.3, 0.4) is 0 Å². The molecule has 0 bridgehead atoms. The van der Waals surface area contributed by atoms with E-state index in [0.717, 1.165) is 90.8 Å². The van der Waals surface area contributed by atoms with E-state index in [-0.39, 0.29) is 5.78 Å². The Morgan fingerprint density at radius 1 is 0.317 bits per heavy atom. The van der Waals surface area contributed by atoms with Crippen LogP contribution >= 0.6 is 47.8 Å². The van der Waals surface area contributed by atoms with E-state index >= 15 is 0 Å². The predicted molar refractivity (Wildman–Crippen MR) is 271 cm³/mol. The Kier molecular flexibility index (Phi) is 11.1. The third kappa shape index (κ3) is 7.39. The number of ketones is 1. The zero-order chi connectivity index (χ0) is 43.1. The van der Waals surface area contributed by atoms with Gasteiger partial charge in [-0.25, -0.2) is 0 Å². The number of hydrogen-bond acceptors (Lipinski definition) is 2. The van der Waals surface area contributed by atoms with Crippen LogP contribution in [-0.4, -0.2) is 10.9 Å². The summed E-state index contributed by atoms with van der Waals surface area (Å²) in [7, 11) is 0. The summed E-state index contributed by atoms with van der Waals surface area (Å²) in [5.41, 5.74) is 11.9. The molecule has 0 saturated heterocycles. The highest BCUT2D eigenvalue weighted by Gasteiger charge is 2.45. The van der Waals surface area contributed by atoms with Crippen molar-refractivity contribution in [2.45, 2.75) is 5.60 Å². The van der Waals surface area contributed by atoms with Crippen molar-refractivity contribution in [1.82, 2.24) is 0 Å². The highest BCUT2D eigenvalue weighted by Crippen LogP contribution is 2.55. The van der Waals surface area contributed by atoms with Crippen molar-refractivity contribution in [2.24, 2.45) is 0 Å². The Balaban J connectivity index is 0.000000125. The van der Waals surface area contributed by atoms with Crippen LogP contribution in [0, 0.1) is 0 Å². The van der Waals surface area contributed by atoms with Crippen LogP contribution in [0.2, 0.25) is 0 Å². The van der Waals surface area contributed by atoms with E-state index in [1.54, 1.807) is 0 Å². The smallest absolute Gasteiger partial charge is 0.194 e. The molecule has 302 valence electrons. The van der Waals surface area contributed by atoms with Gasteiger partial charge >= 0.3 is 0 Å². The van der Waals surface area contributed by atoms with Gasteiger partial charge in [-0.1, -0.05) is 224 Å². The number of rotatable bonds is 3. The second-order valence-corrected chi connectivity index (χ2v) is 18.2. The summed E-state index contributed by atoms with van der Waals surface area (Å²) >= 11 is 10.8. The van der Waals surface area contributed by atoms with Crippen molar-refractivity contribution < 1.29 is 9.90 Å².